The molecule has 0 aliphatic rings. The molecule has 0 bridgehead atoms. The van der Waals surface area contributed by atoms with Crippen LogP contribution in [0.2, 0.25) is 0 Å². The van der Waals surface area contributed by atoms with Gasteiger partial charge in [-0.3, -0.25) is 4.98 Å². The summed E-state index contributed by atoms with van der Waals surface area (Å²) in [7, 11) is 0. The Bertz CT molecular complexity index is 3760. The van der Waals surface area contributed by atoms with E-state index in [1.54, 1.807) is 30.3 Å². The quantitative estimate of drug-likeness (QED) is 0.155. The van der Waals surface area contributed by atoms with Crippen LogP contribution in [0.5, 0.6) is 0 Å². The van der Waals surface area contributed by atoms with Crippen molar-refractivity contribution < 1.29 is 37.2 Å². The third-order valence-corrected chi connectivity index (χ3v) is 12.1. The molecule has 7 heteroatoms. The van der Waals surface area contributed by atoms with Crippen LogP contribution in [0.15, 0.2) is 148 Å². The third-order valence-electron chi connectivity index (χ3n) is 12.1. The van der Waals surface area contributed by atoms with Crippen LogP contribution in [0, 0.1) is 25.8 Å². The van der Waals surface area contributed by atoms with E-state index in [2.05, 4.69) is 102 Å². The molecule has 331 valence electrons. The number of para-hydroxylation sites is 2. The monoisotopic (exact) mass is 1050 g/mol. The van der Waals surface area contributed by atoms with E-state index in [9.17, 15) is 0 Å². The van der Waals surface area contributed by atoms with Gasteiger partial charge in [-0.15, -0.1) is 54.1 Å². The molecule has 0 fully saturated rings. The van der Waals surface area contributed by atoms with Crippen molar-refractivity contribution in [3.05, 3.63) is 180 Å². The van der Waals surface area contributed by atoms with E-state index in [1.807, 2.05) is 77.5 Å². The fourth-order valence-corrected chi connectivity index (χ4v) is 8.79. The van der Waals surface area contributed by atoms with Crippen molar-refractivity contribution in [2.45, 2.75) is 79.4 Å². The van der Waals surface area contributed by atoms with E-state index < -0.39 is 13.7 Å². The Morgan fingerprint density at radius 3 is 2.15 bits per heavy atom. The fraction of sp³-hybridized carbons (Fsp3) is 0.203. The maximum atomic E-state index is 8.68. The second kappa shape index (κ2) is 17.6. The van der Waals surface area contributed by atoms with Crippen molar-refractivity contribution in [3.63, 3.8) is 0 Å². The Labute approximate surface area is 408 Å². The molecular formula is C59H52IrN4O2-2. The minimum atomic E-state index is -2.58. The molecule has 0 saturated heterocycles. The number of imidazole rings is 1. The van der Waals surface area contributed by atoms with Crippen molar-refractivity contribution in [3.8, 4) is 39.5 Å². The SMILES string of the molecule is CC(C)(C)c1ccnc(-c2[c-]cccc2)c1.[2H]C([2H])([2H])c1c2oc3c(-c4nc5cccc(C([2H])([2H])[2H])c5n4-c4c(C(C)C)cc(-c5ccccc5)cc4C(C)C)[c-]ccc3c2nc2oc3ccccc3c12.[Ir]. The van der Waals surface area contributed by atoms with Crippen molar-refractivity contribution in [1.29, 1.82) is 0 Å². The summed E-state index contributed by atoms with van der Waals surface area (Å²) in [5, 5.41) is 1.56. The molecule has 0 aliphatic carbocycles. The molecule has 6 nitrogen and oxygen atoms in total. The van der Waals surface area contributed by atoms with Crippen LogP contribution in [-0.2, 0) is 25.5 Å². The Morgan fingerprint density at radius 2 is 1.44 bits per heavy atom. The zero-order valence-electron chi connectivity index (χ0n) is 43.9. The molecule has 0 unspecified atom stereocenters. The summed E-state index contributed by atoms with van der Waals surface area (Å²) in [5.74, 6) is 0.476. The van der Waals surface area contributed by atoms with Gasteiger partial charge in [0.2, 0.25) is 5.71 Å². The number of nitrogens with zero attached hydrogens (tertiary/aromatic N) is 4. The molecule has 0 spiro atoms. The van der Waals surface area contributed by atoms with Crippen molar-refractivity contribution in [2.75, 3.05) is 0 Å². The van der Waals surface area contributed by atoms with Crippen LogP contribution in [0.25, 0.3) is 94.6 Å². The molecule has 11 rings (SSSR count). The molecule has 1 radical (unpaired) electrons. The maximum Gasteiger partial charge on any atom is 0.228 e. The first-order valence-corrected chi connectivity index (χ1v) is 22.1. The number of aryl methyl sites for hydroxylation is 2. The van der Waals surface area contributed by atoms with Gasteiger partial charge in [-0.05, 0) is 106 Å². The fourth-order valence-electron chi connectivity index (χ4n) is 8.79. The second-order valence-corrected chi connectivity index (χ2v) is 18.2. The number of benzene rings is 6. The van der Waals surface area contributed by atoms with Gasteiger partial charge in [0.1, 0.15) is 16.7 Å². The topological polar surface area (TPSA) is 69.9 Å². The second-order valence-electron chi connectivity index (χ2n) is 18.2. The molecule has 0 aliphatic heterocycles. The molecule has 0 atom stereocenters. The van der Waals surface area contributed by atoms with Gasteiger partial charge in [0.05, 0.1) is 27.8 Å². The number of furan rings is 2. The van der Waals surface area contributed by atoms with Gasteiger partial charge in [-0.2, -0.15) is 0 Å². The number of pyridine rings is 2. The summed E-state index contributed by atoms with van der Waals surface area (Å²) in [6.45, 7) is 10.1. The minimum Gasteiger partial charge on any atom is -0.499 e. The van der Waals surface area contributed by atoms with E-state index in [0.717, 1.165) is 39.2 Å². The van der Waals surface area contributed by atoms with Gasteiger partial charge < -0.3 is 18.4 Å². The number of hydrogen-bond donors (Lipinski definition) is 0. The zero-order valence-corrected chi connectivity index (χ0v) is 40.3. The number of fused-ring (bicyclic) bond motifs is 7. The Hall–Kier alpha value is -6.66. The van der Waals surface area contributed by atoms with E-state index in [-0.39, 0.29) is 59.8 Å². The summed E-state index contributed by atoms with van der Waals surface area (Å²) in [4.78, 5) is 14.4. The molecule has 0 amide bonds. The molecular weight excluding hydrogens is 989 g/mol. The molecule has 6 aromatic carbocycles. The maximum absolute atomic E-state index is 8.68. The molecule has 0 N–H and O–H groups in total. The molecule has 5 heterocycles. The van der Waals surface area contributed by atoms with E-state index in [4.69, 9.17) is 27.0 Å². The number of hydrogen-bond acceptors (Lipinski definition) is 5. The van der Waals surface area contributed by atoms with Gasteiger partial charge >= 0.3 is 0 Å². The summed E-state index contributed by atoms with van der Waals surface area (Å²) >= 11 is 0. The first-order chi connectivity index (χ1) is 33.8. The summed E-state index contributed by atoms with van der Waals surface area (Å²) in [6, 6.07) is 49.3. The van der Waals surface area contributed by atoms with Crippen LogP contribution in [-0.4, -0.2) is 19.5 Å². The summed E-state index contributed by atoms with van der Waals surface area (Å²) < 4.78 is 66.7. The van der Waals surface area contributed by atoms with Crippen molar-refractivity contribution in [2.24, 2.45) is 0 Å². The molecule has 66 heavy (non-hydrogen) atoms. The molecule has 11 aromatic rings. The third kappa shape index (κ3) is 7.84. The predicted octanol–water partition coefficient (Wildman–Crippen LogP) is 16.1. The van der Waals surface area contributed by atoms with Crippen LogP contribution in [0.4, 0.5) is 0 Å². The van der Waals surface area contributed by atoms with E-state index >= 15 is 0 Å². The predicted molar refractivity (Wildman–Crippen MR) is 268 cm³/mol. The smallest absolute Gasteiger partial charge is 0.228 e. The summed E-state index contributed by atoms with van der Waals surface area (Å²) in [6.07, 6.45) is 1.87. The Kier molecular flexibility index (Phi) is 10.0. The number of aromatic nitrogens is 4. The van der Waals surface area contributed by atoms with Gasteiger partial charge in [-0.1, -0.05) is 121 Å². The van der Waals surface area contributed by atoms with Gasteiger partial charge in [0.15, 0.2) is 0 Å². The van der Waals surface area contributed by atoms with Crippen LogP contribution in [0.1, 0.15) is 96.3 Å². The minimum absolute atomic E-state index is 0. The van der Waals surface area contributed by atoms with Gasteiger partial charge in [0.25, 0.3) is 0 Å². The Balaban J connectivity index is 0.000000321. The van der Waals surface area contributed by atoms with Crippen molar-refractivity contribution in [1.82, 2.24) is 19.5 Å². The van der Waals surface area contributed by atoms with E-state index in [1.165, 1.54) is 5.56 Å². The first kappa shape index (κ1) is 37.5. The van der Waals surface area contributed by atoms with Gasteiger partial charge in [-0.25, -0.2) is 4.98 Å². The standard InChI is InChI=1S/C44H36N3O2.C15H16N.Ir/c1-24(2)33-22-29(28-15-8-7-9-16-28)23-34(25(3)4)40(33)47-39-26(5)14-12-20-35(39)45-43(47)32-19-13-18-31-38-41(49-42(31)32)27(6)37-30-17-10-11-21-36(30)48-44(37)46-38;1-15(2,3)13-9-10-16-14(11-13)12-7-5-4-6-8-12;/h7-18,20-25H,1-6H3;4-7,9-11H,1-3H3;/q2*-1;/i5D3,6D3;;. The average Bonchev–Trinajstić information content (AvgIpc) is 4.04. The van der Waals surface area contributed by atoms with E-state index in [0.29, 0.717) is 55.3 Å². The van der Waals surface area contributed by atoms with Crippen LogP contribution >= 0.6 is 0 Å². The average molecular weight is 1050 g/mol. The van der Waals surface area contributed by atoms with Gasteiger partial charge in [0, 0.05) is 51.2 Å². The Morgan fingerprint density at radius 1 is 0.682 bits per heavy atom. The zero-order chi connectivity index (χ0) is 50.1. The normalized spacial score (nSPS) is 13.6. The van der Waals surface area contributed by atoms with Crippen LogP contribution < -0.4 is 0 Å². The first-order valence-electron chi connectivity index (χ1n) is 25.1. The number of rotatable bonds is 6. The molecule has 5 aromatic heterocycles. The largest absolute Gasteiger partial charge is 0.499 e. The summed E-state index contributed by atoms with van der Waals surface area (Å²) in [5.41, 5.74) is 11.6. The van der Waals surface area contributed by atoms with Crippen LogP contribution in [0.3, 0.4) is 0 Å². The van der Waals surface area contributed by atoms with Crippen molar-refractivity contribution >= 4 is 55.2 Å². The molecule has 0 saturated carbocycles.